The van der Waals surface area contributed by atoms with Crippen molar-refractivity contribution in [3.05, 3.63) is 62.5 Å². The Balaban J connectivity index is 4.16. The van der Waals surface area contributed by atoms with Gasteiger partial charge in [-0.25, -0.2) is 0 Å². The largest absolute Gasteiger partial charge is 0.384 e. The van der Waals surface area contributed by atoms with Gasteiger partial charge < -0.3 is 15.5 Å². The fourth-order valence-electron chi connectivity index (χ4n) is 1.31. The first kappa shape index (κ1) is 16.8. The van der Waals surface area contributed by atoms with Crippen molar-refractivity contribution in [1.29, 1.82) is 0 Å². The molecule has 0 unspecified atom stereocenters. The molecule has 0 aromatic carbocycles. The van der Waals surface area contributed by atoms with Crippen LogP contribution >= 0.6 is 0 Å². The number of rotatable bonds is 11. The molecule has 4 heteroatoms. The van der Waals surface area contributed by atoms with Gasteiger partial charge in [0.1, 0.15) is 0 Å². The molecule has 0 saturated heterocycles. The Morgan fingerprint density at radius 2 is 1.32 bits per heavy atom. The predicted octanol–water partition coefficient (Wildman–Crippen LogP) is 1.58. The zero-order valence-corrected chi connectivity index (χ0v) is 11.5. The fraction of sp³-hybridized carbons (Fsp3) is 0.267. The van der Waals surface area contributed by atoms with E-state index in [9.17, 15) is 4.79 Å². The van der Waals surface area contributed by atoms with Crippen LogP contribution in [0.4, 0.5) is 0 Å². The Bertz CT molecular complexity index is 346. The minimum absolute atomic E-state index is 0.1000. The van der Waals surface area contributed by atoms with Crippen molar-refractivity contribution in [2.24, 2.45) is 0 Å². The van der Waals surface area contributed by atoms with Crippen LogP contribution < -0.4 is 10.6 Å². The van der Waals surface area contributed by atoms with Crippen LogP contribution in [0.1, 0.15) is 0 Å². The Labute approximate surface area is 115 Å². The maximum Gasteiger partial charge on any atom is 0.246 e. The molecule has 0 atom stereocenters. The van der Waals surface area contributed by atoms with Crippen LogP contribution in [0.15, 0.2) is 62.5 Å². The van der Waals surface area contributed by atoms with Gasteiger partial charge in [0, 0.05) is 37.6 Å². The molecule has 0 aromatic heterocycles. The Kier molecular flexibility index (Phi) is 8.62. The lowest BCUT2D eigenvalue weighted by molar-refractivity contribution is -0.125. The van der Waals surface area contributed by atoms with Gasteiger partial charge in [-0.2, -0.15) is 0 Å². The van der Waals surface area contributed by atoms with E-state index in [1.807, 2.05) is 0 Å². The second-order valence-electron chi connectivity index (χ2n) is 3.84. The number of hydrogen-bond acceptors (Lipinski definition) is 3. The van der Waals surface area contributed by atoms with Crippen molar-refractivity contribution < 1.29 is 4.79 Å². The molecule has 0 rings (SSSR count). The molecule has 1 amide bonds. The highest BCUT2D eigenvalue weighted by atomic mass is 16.2. The SMILES string of the molecule is C=CC(=C)NCCN(CCNC(=C)C=C)C(=O)C=C. The molecular weight excluding hydrogens is 238 g/mol. The Morgan fingerprint density at radius 1 is 0.895 bits per heavy atom. The van der Waals surface area contributed by atoms with E-state index in [0.29, 0.717) is 26.2 Å². The second-order valence-corrected chi connectivity index (χ2v) is 3.84. The molecule has 2 N–H and O–H groups in total. The van der Waals surface area contributed by atoms with Crippen molar-refractivity contribution >= 4 is 5.91 Å². The van der Waals surface area contributed by atoms with Gasteiger partial charge in [0.2, 0.25) is 5.91 Å². The first-order valence-corrected chi connectivity index (χ1v) is 6.07. The first-order valence-electron chi connectivity index (χ1n) is 6.07. The third kappa shape index (κ3) is 7.65. The summed E-state index contributed by atoms with van der Waals surface area (Å²) in [6, 6.07) is 0. The normalized spacial score (nSPS) is 9.05. The van der Waals surface area contributed by atoms with E-state index in [2.05, 4.69) is 43.5 Å². The molecule has 0 aliphatic rings. The molecule has 0 fully saturated rings. The van der Waals surface area contributed by atoms with Crippen LogP contribution in [0, 0.1) is 0 Å². The lowest BCUT2D eigenvalue weighted by atomic mass is 10.4. The van der Waals surface area contributed by atoms with Crippen molar-refractivity contribution in [2.75, 3.05) is 26.2 Å². The highest BCUT2D eigenvalue weighted by Crippen LogP contribution is 1.92. The number of amides is 1. The number of allylic oxidation sites excluding steroid dienone is 2. The summed E-state index contributed by atoms with van der Waals surface area (Å²) < 4.78 is 0. The van der Waals surface area contributed by atoms with Crippen molar-refractivity contribution in [3.63, 3.8) is 0 Å². The van der Waals surface area contributed by atoms with E-state index in [4.69, 9.17) is 0 Å². The maximum absolute atomic E-state index is 11.7. The Hall–Kier alpha value is -2.23. The van der Waals surface area contributed by atoms with E-state index < -0.39 is 0 Å². The molecule has 0 bridgehead atoms. The van der Waals surface area contributed by atoms with Crippen molar-refractivity contribution in [1.82, 2.24) is 15.5 Å². The monoisotopic (exact) mass is 261 g/mol. The van der Waals surface area contributed by atoms with Gasteiger partial charge in [0.15, 0.2) is 0 Å². The predicted molar refractivity (Wildman–Crippen MR) is 81.5 cm³/mol. The van der Waals surface area contributed by atoms with Crippen LogP contribution in [0.5, 0.6) is 0 Å². The average Bonchev–Trinajstić information content (AvgIpc) is 2.44. The standard InChI is InChI=1S/C15H23N3O/c1-6-13(4)16-9-11-18(15(19)8-3)12-10-17-14(5)7-2/h6-8,16-17H,1-5,9-12H2. The minimum atomic E-state index is -0.1000. The molecule has 0 aromatic rings. The maximum atomic E-state index is 11.7. The van der Waals surface area contributed by atoms with Crippen LogP contribution in [-0.2, 0) is 4.79 Å². The molecule has 19 heavy (non-hydrogen) atoms. The summed E-state index contributed by atoms with van der Waals surface area (Å²) in [5.41, 5.74) is 1.48. The highest BCUT2D eigenvalue weighted by Gasteiger charge is 2.08. The number of carbonyl (C=O) groups excluding carboxylic acids is 1. The van der Waals surface area contributed by atoms with Gasteiger partial charge in [0.05, 0.1) is 0 Å². The smallest absolute Gasteiger partial charge is 0.246 e. The highest BCUT2D eigenvalue weighted by molar-refractivity contribution is 5.87. The summed E-state index contributed by atoms with van der Waals surface area (Å²) in [6.07, 6.45) is 4.58. The zero-order chi connectivity index (χ0) is 14.7. The van der Waals surface area contributed by atoms with E-state index in [0.717, 1.165) is 11.4 Å². The van der Waals surface area contributed by atoms with Gasteiger partial charge in [-0.05, 0) is 18.2 Å². The second kappa shape index (κ2) is 9.76. The Morgan fingerprint density at radius 3 is 1.63 bits per heavy atom. The minimum Gasteiger partial charge on any atom is -0.384 e. The molecule has 4 nitrogen and oxygen atoms in total. The number of carbonyl (C=O) groups is 1. The van der Waals surface area contributed by atoms with E-state index >= 15 is 0 Å². The van der Waals surface area contributed by atoms with E-state index in [1.165, 1.54) is 6.08 Å². The van der Waals surface area contributed by atoms with E-state index in [1.54, 1.807) is 17.1 Å². The van der Waals surface area contributed by atoms with Crippen LogP contribution in [-0.4, -0.2) is 37.0 Å². The van der Waals surface area contributed by atoms with Crippen LogP contribution in [0.2, 0.25) is 0 Å². The molecule has 0 radical (unpaired) electrons. The van der Waals surface area contributed by atoms with Gasteiger partial charge in [-0.1, -0.05) is 32.9 Å². The molecule has 0 aliphatic heterocycles. The molecule has 0 saturated carbocycles. The van der Waals surface area contributed by atoms with Crippen molar-refractivity contribution in [2.45, 2.75) is 0 Å². The lowest BCUT2D eigenvalue weighted by Gasteiger charge is -2.22. The number of hydrogen-bond donors (Lipinski definition) is 2. The number of nitrogens with zero attached hydrogens (tertiary/aromatic N) is 1. The lowest BCUT2D eigenvalue weighted by Crippen LogP contribution is -2.39. The fourth-order valence-corrected chi connectivity index (χ4v) is 1.31. The molecule has 104 valence electrons. The summed E-state index contributed by atoms with van der Waals surface area (Å²) in [4.78, 5) is 13.4. The summed E-state index contributed by atoms with van der Waals surface area (Å²) in [7, 11) is 0. The molecule has 0 heterocycles. The quantitative estimate of drug-likeness (QED) is 0.438. The van der Waals surface area contributed by atoms with E-state index in [-0.39, 0.29) is 5.91 Å². The molecule has 0 aliphatic carbocycles. The molecule has 0 spiro atoms. The summed E-state index contributed by atoms with van der Waals surface area (Å²) >= 11 is 0. The van der Waals surface area contributed by atoms with Crippen molar-refractivity contribution in [3.8, 4) is 0 Å². The van der Waals surface area contributed by atoms with Gasteiger partial charge in [-0.3, -0.25) is 4.79 Å². The summed E-state index contributed by atoms with van der Waals surface area (Å²) in [5.74, 6) is -0.1000. The van der Waals surface area contributed by atoms with Crippen LogP contribution in [0.3, 0.4) is 0 Å². The van der Waals surface area contributed by atoms with Crippen LogP contribution in [0.25, 0.3) is 0 Å². The zero-order valence-electron chi connectivity index (χ0n) is 11.5. The van der Waals surface area contributed by atoms with Gasteiger partial charge in [-0.15, -0.1) is 0 Å². The van der Waals surface area contributed by atoms with Gasteiger partial charge in [0.25, 0.3) is 0 Å². The third-order valence-electron chi connectivity index (χ3n) is 2.45. The summed E-state index contributed by atoms with van der Waals surface area (Å²) in [6.45, 7) is 20.6. The molecular formula is C15H23N3O. The number of nitrogens with one attached hydrogen (secondary N) is 2. The average molecular weight is 261 g/mol. The topological polar surface area (TPSA) is 44.4 Å². The third-order valence-corrected chi connectivity index (χ3v) is 2.45. The first-order chi connectivity index (χ1) is 9.04. The summed E-state index contributed by atoms with van der Waals surface area (Å²) in [5, 5.41) is 6.11. The van der Waals surface area contributed by atoms with Gasteiger partial charge >= 0.3 is 0 Å².